The summed E-state index contributed by atoms with van der Waals surface area (Å²) in [7, 11) is -4.31. The van der Waals surface area contributed by atoms with Gasteiger partial charge in [-0.25, -0.2) is 21.9 Å². The fourth-order valence-corrected chi connectivity index (χ4v) is 2.32. The van der Waals surface area contributed by atoms with Gasteiger partial charge in [0.25, 0.3) is 0 Å². The second-order valence-corrected chi connectivity index (χ2v) is 5.90. The number of hydrogen-bond donors (Lipinski definition) is 2. The van der Waals surface area contributed by atoms with Crippen LogP contribution in [0.2, 0.25) is 0 Å². The van der Waals surface area contributed by atoms with Crippen LogP contribution in [0.25, 0.3) is 0 Å². The zero-order valence-corrected chi connectivity index (χ0v) is 11.2. The van der Waals surface area contributed by atoms with Crippen molar-refractivity contribution in [2.45, 2.75) is 30.3 Å². The number of aliphatic hydroxyl groups is 1. The number of rotatable bonds is 6. The van der Waals surface area contributed by atoms with E-state index >= 15 is 0 Å². The van der Waals surface area contributed by atoms with E-state index in [1.165, 1.54) is 23.8 Å². The molecule has 0 aliphatic rings. The standard InChI is InChI=1S/C11H13F4NO3S/c1-7(17)8-2-4-9(5-3-8)20(18,19)16-6-11(14,15)10(12)13/h2-5,7,10,16-17H,6H2,1H3. The molecule has 0 spiro atoms. The first-order chi connectivity index (χ1) is 9.06. The molecule has 0 aromatic heterocycles. The number of hydrogen-bond acceptors (Lipinski definition) is 3. The van der Waals surface area contributed by atoms with Crippen molar-refractivity contribution in [3.05, 3.63) is 29.8 Å². The largest absolute Gasteiger partial charge is 0.389 e. The topological polar surface area (TPSA) is 66.4 Å². The lowest BCUT2D eigenvalue weighted by Crippen LogP contribution is -2.41. The first kappa shape index (κ1) is 16.9. The lowest BCUT2D eigenvalue weighted by Gasteiger charge is -2.16. The molecular weight excluding hydrogens is 302 g/mol. The monoisotopic (exact) mass is 315 g/mol. The highest BCUT2D eigenvalue weighted by Gasteiger charge is 2.41. The minimum absolute atomic E-state index is 0.355. The van der Waals surface area contributed by atoms with Crippen LogP contribution in [0.15, 0.2) is 29.2 Å². The maximum absolute atomic E-state index is 12.7. The highest BCUT2D eigenvalue weighted by atomic mass is 32.2. The van der Waals surface area contributed by atoms with Gasteiger partial charge in [-0.2, -0.15) is 8.78 Å². The molecule has 114 valence electrons. The van der Waals surface area contributed by atoms with Gasteiger partial charge in [0.1, 0.15) is 0 Å². The second kappa shape index (κ2) is 6.06. The van der Waals surface area contributed by atoms with Crippen molar-refractivity contribution >= 4 is 10.0 Å². The summed E-state index contributed by atoms with van der Waals surface area (Å²) in [5.41, 5.74) is 0.432. The van der Waals surface area contributed by atoms with Gasteiger partial charge in [0.05, 0.1) is 17.5 Å². The Hall–Kier alpha value is -1.19. The first-order valence-electron chi connectivity index (χ1n) is 5.50. The molecule has 0 fully saturated rings. The summed E-state index contributed by atoms with van der Waals surface area (Å²) >= 11 is 0. The van der Waals surface area contributed by atoms with Gasteiger partial charge >= 0.3 is 12.3 Å². The molecule has 20 heavy (non-hydrogen) atoms. The van der Waals surface area contributed by atoms with Gasteiger partial charge in [-0.3, -0.25) is 0 Å². The Morgan fingerprint density at radius 2 is 1.75 bits per heavy atom. The summed E-state index contributed by atoms with van der Waals surface area (Å²) in [6.07, 6.45) is -4.77. The highest BCUT2D eigenvalue weighted by molar-refractivity contribution is 7.89. The van der Waals surface area contributed by atoms with Gasteiger partial charge in [-0.15, -0.1) is 0 Å². The number of aliphatic hydroxyl groups excluding tert-OH is 1. The third kappa shape index (κ3) is 4.15. The van der Waals surface area contributed by atoms with Crippen LogP contribution in [0.5, 0.6) is 0 Å². The third-order valence-electron chi connectivity index (χ3n) is 2.49. The lowest BCUT2D eigenvalue weighted by molar-refractivity contribution is -0.122. The number of nitrogens with one attached hydrogen (secondary N) is 1. The Morgan fingerprint density at radius 1 is 1.25 bits per heavy atom. The number of benzene rings is 1. The molecule has 0 aliphatic heterocycles. The van der Waals surface area contributed by atoms with Crippen LogP contribution in [0, 0.1) is 0 Å². The van der Waals surface area contributed by atoms with E-state index in [2.05, 4.69) is 0 Å². The van der Waals surface area contributed by atoms with Crippen LogP contribution in [-0.4, -0.2) is 32.4 Å². The van der Waals surface area contributed by atoms with E-state index in [1.807, 2.05) is 0 Å². The minimum Gasteiger partial charge on any atom is -0.389 e. The fourth-order valence-electron chi connectivity index (χ4n) is 1.28. The van der Waals surface area contributed by atoms with Crippen LogP contribution < -0.4 is 4.72 Å². The van der Waals surface area contributed by atoms with E-state index in [0.717, 1.165) is 12.1 Å². The number of halogens is 4. The van der Waals surface area contributed by atoms with Gasteiger partial charge in [0.2, 0.25) is 10.0 Å². The zero-order valence-electron chi connectivity index (χ0n) is 10.4. The van der Waals surface area contributed by atoms with Crippen molar-refractivity contribution in [1.82, 2.24) is 4.72 Å². The molecule has 0 heterocycles. The van der Waals surface area contributed by atoms with Gasteiger partial charge in [0, 0.05) is 0 Å². The Labute approximate surface area is 113 Å². The molecule has 0 aliphatic carbocycles. The molecular formula is C11H13F4NO3S. The second-order valence-electron chi connectivity index (χ2n) is 4.13. The maximum atomic E-state index is 12.7. The van der Waals surface area contributed by atoms with E-state index in [-0.39, 0.29) is 4.90 Å². The van der Waals surface area contributed by atoms with Crippen molar-refractivity contribution in [2.75, 3.05) is 6.54 Å². The average molecular weight is 315 g/mol. The van der Waals surface area contributed by atoms with E-state index in [9.17, 15) is 31.1 Å². The molecule has 0 saturated carbocycles. The van der Waals surface area contributed by atoms with Gasteiger partial charge < -0.3 is 5.11 Å². The van der Waals surface area contributed by atoms with Gasteiger partial charge in [-0.05, 0) is 24.6 Å². The zero-order chi connectivity index (χ0) is 15.6. The molecule has 0 saturated heterocycles. The molecule has 9 heteroatoms. The molecule has 1 aromatic rings. The normalized spacial score (nSPS) is 14.6. The third-order valence-corrected chi connectivity index (χ3v) is 3.91. The summed E-state index contributed by atoms with van der Waals surface area (Å²) < 4.78 is 73.8. The Kier molecular flexibility index (Phi) is 5.11. The molecule has 0 radical (unpaired) electrons. The molecule has 1 aromatic carbocycles. The Morgan fingerprint density at radius 3 is 2.15 bits per heavy atom. The molecule has 1 atom stereocenters. The fraction of sp³-hybridized carbons (Fsp3) is 0.455. The smallest absolute Gasteiger partial charge is 0.320 e. The minimum atomic E-state index is -4.44. The van der Waals surface area contributed by atoms with E-state index < -0.39 is 35.0 Å². The van der Waals surface area contributed by atoms with Crippen LogP contribution in [0.3, 0.4) is 0 Å². The van der Waals surface area contributed by atoms with Crippen molar-refractivity contribution in [2.24, 2.45) is 0 Å². The Bertz CT molecular complexity index is 543. The molecule has 2 N–H and O–H groups in total. The van der Waals surface area contributed by atoms with E-state index in [1.54, 1.807) is 0 Å². The molecule has 0 bridgehead atoms. The van der Waals surface area contributed by atoms with Gasteiger partial charge in [-0.1, -0.05) is 12.1 Å². The summed E-state index contributed by atoms with van der Waals surface area (Å²) in [5.74, 6) is -4.44. The number of alkyl halides is 4. The molecule has 0 amide bonds. The first-order valence-corrected chi connectivity index (χ1v) is 6.98. The summed E-state index contributed by atoms with van der Waals surface area (Å²) in [6, 6.07) is 4.77. The molecule has 4 nitrogen and oxygen atoms in total. The SMILES string of the molecule is CC(O)c1ccc(S(=O)(=O)NCC(F)(F)C(F)F)cc1. The van der Waals surface area contributed by atoms with Crippen LogP contribution in [0.1, 0.15) is 18.6 Å². The van der Waals surface area contributed by atoms with Crippen molar-refractivity contribution in [1.29, 1.82) is 0 Å². The average Bonchev–Trinajstić information content (AvgIpc) is 2.36. The number of sulfonamides is 1. The maximum Gasteiger partial charge on any atom is 0.320 e. The van der Waals surface area contributed by atoms with Crippen molar-refractivity contribution in [3.63, 3.8) is 0 Å². The predicted molar refractivity (Wildman–Crippen MR) is 63.2 cm³/mol. The van der Waals surface area contributed by atoms with E-state index in [4.69, 9.17) is 0 Å². The quantitative estimate of drug-likeness (QED) is 0.788. The van der Waals surface area contributed by atoms with Crippen molar-refractivity contribution < 1.29 is 31.1 Å². The van der Waals surface area contributed by atoms with E-state index in [0.29, 0.717) is 5.56 Å². The molecule has 1 unspecified atom stereocenters. The van der Waals surface area contributed by atoms with Crippen LogP contribution >= 0.6 is 0 Å². The van der Waals surface area contributed by atoms with Crippen LogP contribution in [0.4, 0.5) is 17.6 Å². The summed E-state index contributed by atoms with van der Waals surface area (Å²) in [4.78, 5) is -0.355. The van der Waals surface area contributed by atoms with Crippen molar-refractivity contribution in [3.8, 4) is 0 Å². The lowest BCUT2D eigenvalue weighted by atomic mass is 10.1. The summed E-state index contributed by atoms with van der Waals surface area (Å²) in [6.45, 7) is -0.226. The predicted octanol–water partition coefficient (Wildman–Crippen LogP) is 1.92. The Balaban J connectivity index is 2.84. The highest BCUT2D eigenvalue weighted by Crippen LogP contribution is 2.22. The van der Waals surface area contributed by atoms with Gasteiger partial charge in [0.15, 0.2) is 0 Å². The van der Waals surface area contributed by atoms with Crippen LogP contribution in [-0.2, 0) is 10.0 Å². The summed E-state index contributed by atoms with van der Waals surface area (Å²) in [5, 5.41) is 9.24. The molecule has 1 rings (SSSR count).